The molecule has 2 aromatic heterocycles. The SMILES string of the molecule is Cc1ccc2oc(=O)c3cc(C(=O)NCCCN4[C@H](C)CCC[C@@H]4C)sc3c2c1. The number of nitrogens with one attached hydrogen (secondary N) is 1. The molecule has 0 unspecified atom stereocenters. The lowest BCUT2D eigenvalue weighted by atomic mass is 9.97. The van der Waals surface area contributed by atoms with Crippen LogP contribution in [0.3, 0.4) is 0 Å². The molecule has 1 saturated heterocycles. The molecule has 0 aliphatic carbocycles. The monoisotopic (exact) mass is 412 g/mol. The zero-order valence-electron chi connectivity index (χ0n) is 17.3. The second-order valence-electron chi connectivity index (χ2n) is 8.22. The topological polar surface area (TPSA) is 62.6 Å². The average molecular weight is 413 g/mol. The van der Waals surface area contributed by atoms with E-state index in [1.165, 1.54) is 30.6 Å². The molecule has 0 spiro atoms. The first-order chi connectivity index (χ1) is 13.9. The summed E-state index contributed by atoms with van der Waals surface area (Å²) < 4.78 is 6.24. The maximum Gasteiger partial charge on any atom is 0.345 e. The van der Waals surface area contributed by atoms with Crippen molar-refractivity contribution in [3.8, 4) is 0 Å². The van der Waals surface area contributed by atoms with Gasteiger partial charge in [0.25, 0.3) is 5.91 Å². The maximum absolute atomic E-state index is 12.7. The second kappa shape index (κ2) is 8.28. The number of hydrogen-bond donors (Lipinski definition) is 1. The first-order valence-electron chi connectivity index (χ1n) is 10.4. The Bertz CT molecular complexity index is 1090. The highest BCUT2D eigenvalue weighted by atomic mass is 32.1. The molecule has 1 aliphatic heterocycles. The third-order valence-corrected chi connectivity index (χ3v) is 7.18. The molecule has 29 heavy (non-hydrogen) atoms. The Kier molecular flexibility index (Phi) is 5.74. The van der Waals surface area contributed by atoms with Crippen molar-refractivity contribution < 1.29 is 9.21 Å². The van der Waals surface area contributed by atoms with Crippen LogP contribution in [0, 0.1) is 6.92 Å². The maximum atomic E-state index is 12.7. The molecule has 4 rings (SSSR count). The van der Waals surface area contributed by atoms with Crippen LogP contribution in [0.15, 0.2) is 33.5 Å². The smallest absolute Gasteiger partial charge is 0.345 e. The summed E-state index contributed by atoms with van der Waals surface area (Å²) in [6, 6.07) is 8.63. The van der Waals surface area contributed by atoms with Gasteiger partial charge >= 0.3 is 5.63 Å². The van der Waals surface area contributed by atoms with E-state index in [2.05, 4.69) is 24.1 Å². The van der Waals surface area contributed by atoms with Crippen molar-refractivity contribution in [2.75, 3.05) is 13.1 Å². The molecule has 154 valence electrons. The summed E-state index contributed by atoms with van der Waals surface area (Å²) >= 11 is 1.36. The molecule has 1 fully saturated rings. The van der Waals surface area contributed by atoms with Gasteiger partial charge in [0, 0.05) is 30.6 Å². The van der Waals surface area contributed by atoms with Crippen LogP contribution in [0.5, 0.6) is 0 Å². The number of benzene rings is 1. The Morgan fingerprint density at radius 1 is 1.21 bits per heavy atom. The van der Waals surface area contributed by atoms with Crippen molar-refractivity contribution in [1.82, 2.24) is 10.2 Å². The lowest BCUT2D eigenvalue weighted by molar-refractivity contribution is 0.0929. The molecule has 1 N–H and O–H groups in total. The molecular weight excluding hydrogens is 384 g/mol. The number of fused-ring (bicyclic) bond motifs is 3. The van der Waals surface area contributed by atoms with E-state index in [-0.39, 0.29) is 11.5 Å². The molecule has 1 aromatic carbocycles. The first-order valence-corrected chi connectivity index (χ1v) is 11.3. The van der Waals surface area contributed by atoms with E-state index in [9.17, 15) is 9.59 Å². The van der Waals surface area contributed by atoms with E-state index in [1.54, 1.807) is 6.07 Å². The fraction of sp³-hybridized carbons (Fsp3) is 0.478. The van der Waals surface area contributed by atoms with Crippen LogP contribution in [0.25, 0.3) is 21.1 Å². The van der Waals surface area contributed by atoms with Gasteiger partial charge in [0.15, 0.2) is 0 Å². The summed E-state index contributed by atoms with van der Waals surface area (Å²) in [5.41, 5.74) is 1.26. The molecule has 2 atom stereocenters. The average Bonchev–Trinajstić information content (AvgIpc) is 3.14. The van der Waals surface area contributed by atoms with Crippen LogP contribution in [-0.2, 0) is 0 Å². The van der Waals surface area contributed by atoms with E-state index in [0.717, 1.165) is 28.6 Å². The minimum absolute atomic E-state index is 0.119. The van der Waals surface area contributed by atoms with Gasteiger partial charge < -0.3 is 9.73 Å². The van der Waals surface area contributed by atoms with E-state index in [4.69, 9.17) is 4.42 Å². The van der Waals surface area contributed by atoms with Crippen LogP contribution >= 0.6 is 11.3 Å². The summed E-state index contributed by atoms with van der Waals surface area (Å²) in [6.45, 7) is 8.23. The summed E-state index contributed by atoms with van der Waals surface area (Å²) in [7, 11) is 0. The van der Waals surface area contributed by atoms with Crippen LogP contribution < -0.4 is 10.9 Å². The number of likely N-dealkylation sites (tertiary alicyclic amines) is 1. The lowest BCUT2D eigenvalue weighted by Gasteiger charge is -2.39. The fourth-order valence-electron chi connectivity index (χ4n) is 4.39. The summed E-state index contributed by atoms with van der Waals surface area (Å²) in [5, 5.41) is 4.39. The van der Waals surface area contributed by atoms with Gasteiger partial charge in [-0.25, -0.2) is 4.79 Å². The number of amides is 1. The molecule has 6 heteroatoms. The Morgan fingerprint density at radius 3 is 2.72 bits per heavy atom. The van der Waals surface area contributed by atoms with Crippen molar-refractivity contribution in [2.45, 2.75) is 58.5 Å². The van der Waals surface area contributed by atoms with Crippen LogP contribution in [0.1, 0.15) is 54.8 Å². The van der Waals surface area contributed by atoms with Gasteiger partial charge in [-0.3, -0.25) is 9.69 Å². The molecule has 1 aliphatic rings. The number of aryl methyl sites for hydroxylation is 1. The van der Waals surface area contributed by atoms with Gasteiger partial charge in [0.2, 0.25) is 0 Å². The fourth-order valence-corrected chi connectivity index (χ4v) is 5.47. The first kappa shape index (κ1) is 20.1. The molecule has 1 amide bonds. The molecular formula is C23H28N2O3S. The number of carbonyl (C=O) groups is 1. The Labute approximate surface area is 174 Å². The highest BCUT2D eigenvalue weighted by molar-refractivity contribution is 7.21. The third-order valence-electron chi connectivity index (χ3n) is 6.01. The van der Waals surface area contributed by atoms with Crippen molar-refractivity contribution in [2.24, 2.45) is 0 Å². The van der Waals surface area contributed by atoms with Gasteiger partial charge in [0.05, 0.1) is 15.0 Å². The Morgan fingerprint density at radius 2 is 1.97 bits per heavy atom. The summed E-state index contributed by atoms with van der Waals surface area (Å²) in [5.74, 6) is -0.119. The molecule has 0 bridgehead atoms. The standard InChI is InChI=1S/C23H28N2O3S/c1-14-8-9-19-17(12-14)21-18(23(27)28-19)13-20(29-21)22(26)24-10-5-11-25-15(2)6-4-7-16(25)3/h8-9,12-13,15-16H,4-7,10-11H2,1-3H3,(H,24,26)/t15-,16+. The third kappa shape index (κ3) is 4.09. The van der Waals surface area contributed by atoms with Gasteiger partial charge in [0.1, 0.15) is 5.58 Å². The number of thiophene rings is 1. The van der Waals surface area contributed by atoms with Crippen molar-refractivity contribution >= 4 is 38.3 Å². The Hall–Kier alpha value is -2.18. The van der Waals surface area contributed by atoms with Gasteiger partial charge in [-0.15, -0.1) is 11.3 Å². The molecule has 0 saturated carbocycles. The number of rotatable bonds is 5. The molecule has 3 heterocycles. The van der Waals surface area contributed by atoms with E-state index in [0.29, 0.717) is 34.5 Å². The van der Waals surface area contributed by atoms with Gasteiger partial charge in [-0.2, -0.15) is 0 Å². The second-order valence-corrected chi connectivity index (χ2v) is 9.27. The Balaban J connectivity index is 1.45. The minimum atomic E-state index is -0.389. The molecule has 5 nitrogen and oxygen atoms in total. The van der Waals surface area contributed by atoms with Crippen molar-refractivity contribution in [3.05, 3.63) is 45.1 Å². The number of hydrogen-bond acceptors (Lipinski definition) is 5. The van der Waals surface area contributed by atoms with E-state index < -0.39 is 0 Å². The number of nitrogens with zero attached hydrogens (tertiary/aromatic N) is 1. The van der Waals surface area contributed by atoms with E-state index >= 15 is 0 Å². The molecule has 0 radical (unpaired) electrons. The van der Waals surface area contributed by atoms with Crippen LogP contribution in [0.2, 0.25) is 0 Å². The summed E-state index contributed by atoms with van der Waals surface area (Å²) in [6.07, 6.45) is 4.75. The zero-order valence-corrected chi connectivity index (χ0v) is 18.1. The normalized spacial score (nSPS) is 20.4. The van der Waals surface area contributed by atoms with Crippen molar-refractivity contribution in [1.29, 1.82) is 0 Å². The lowest BCUT2D eigenvalue weighted by Crippen LogP contribution is -2.44. The van der Waals surface area contributed by atoms with Gasteiger partial charge in [-0.05, 0) is 58.2 Å². The molecule has 3 aromatic rings. The predicted molar refractivity (Wildman–Crippen MR) is 119 cm³/mol. The van der Waals surface area contributed by atoms with Gasteiger partial charge in [-0.1, -0.05) is 18.1 Å². The minimum Gasteiger partial charge on any atom is -0.422 e. The summed E-state index contributed by atoms with van der Waals surface area (Å²) in [4.78, 5) is 28.1. The van der Waals surface area contributed by atoms with Crippen LogP contribution in [-0.4, -0.2) is 36.0 Å². The van der Waals surface area contributed by atoms with Crippen LogP contribution in [0.4, 0.5) is 0 Å². The highest BCUT2D eigenvalue weighted by Crippen LogP contribution is 2.31. The number of carbonyl (C=O) groups excluding carboxylic acids is 1. The zero-order chi connectivity index (χ0) is 20.5. The van der Waals surface area contributed by atoms with E-state index in [1.807, 2.05) is 25.1 Å². The largest absolute Gasteiger partial charge is 0.422 e. The predicted octanol–water partition coefficient (Wildman–Crippen LogP) is 4.70. The van der Waals surface area contributed by atoms with Crippen molar-refractivity contribution in [3.63, 3.8) is 0 Å². The quantitative estimate of drug-likeness (QED) is 0.487. The number of piperidine rings is 1. The highest BCUT2D eigenvalue weighted by Gasteiger charge is 2.24.